The minimum atomic E-state index is -0.0447. The lowest BCUT2D eigenvalue weighted by Gasteiger charge is -2.24. The number of methoxy groups -OCH3 is 1. The second-order valence-corrected chi connectivity index (χ2v) is 5.62. The van der Waals surface area contributed by atoms with Crippen molar-refractivity contribution in [1.29, 1.82) is 0 Å². The molecule has 8 nitrogen and oxygen atoms in total. The van der Waals surface area contributed by atoms with E-state index in [9.17, 15) is 4.79 Å². The van der Waals surface area contributed by atoms with Crippen LogP contribution in [-0.2, 0) is 9.53 Å². The summed E-state index contributed by atoms with van der Waals surface area (Å²) in [4.78, 5) is 31.2. The lowest BCUT2D eigenvalue weighted by Crippen LogP contribution is -2.33. The number of anilines is 2. The van der Waals surface area contributed by atoms with Gasteiger partial charge in [0.2, 0.25) is 5.91 Å². The minimum absolute atomic E-state index is 0.0142. The topological polar surface area (TPSA) is 93.1 Å². The molecule has 1 N–H and O–H groups in total. The summed E-state index contributed by atoms with van der Waals surface area (Å²) in [6.07, 6.45) is 6.69. The highest BCUT2D eigenvalue weighted by Crippen LogP contribution is 2.32. The molecule has 2 aromatic rings. The summed E-state index contributed by atoms with van der Waals surface area (Å²) < 4.78 is 4.98. The largest absolute Gasteiger partial charge is 0.375 e. The van der Waals surface area contributed by atoms with Gasteiger partial charge < -0.3 is 15.0 Å². The van der Waals surface area contributed by atoms with Crippen LogP contribution < -0.4 is 5.32 Å². The number of carbonyl (C=O) groups excluding carboxylic acids is 1. The molecule has 1 amide bonds. The number of hydrogen-bond donors (Lipinski definition) is 1. The average Bonchev–Trinajstić information content (AvgIpc) is 3.05. The van der Waals surface area contributed by atoms with Crippen LogP contribution in [0, 0.1) is 6.92 Å². The van der Waals surface area contributed by atoms with E-state index in [0.717, 1.165) is 25.1 Å². The van der Waals surface area contributed by atoms with Crippen molar-refractivity contribution >= 4 is 17.5 Å². The normalized spacial score (nSPS) is 17.1. The molecular weight excluding hydrogens is 308 g/mol. The zero-order chi connectivity index (χ0) is 16.9. The fraction of sp³-hybridized carbons (Fsp3) is 0.438. The molecule has 0 spiro atoms. The average molecular weight is 328 g/mol. The lowest BCUT2D eigenvalue weighted by atomic mass is 10.1. The summed E-state index contributed by atoms with van der Waals surface area (Å²) in [6, 6.07) is 1.82. The Hall–Kier alpha value is -2.61. The van der Waals surface area contributed by atoms with Crippen LogP contribution in [0.2, 0.25) is 0 Å². The van der Waals surface area contributed by atoms with Crippen molar-refractivity contribution in [2.24, 2.45) is 0 Å². The number of carbonyl (C=O) groups is 1. The number of aryl methyl sites for hydroxylation is 1. The van der Waals surface area contributed by atoms with Crippen LogP contribution >= 0.6 is 0 Å². The third-order valence-corrected chi connectivity index (χ3v) is 3.86. The van der Waals surface area contributed by atoms with E-state index in [1.165, 1.54) is 7.11 Å². The van der Waals surface area contributed by atoms with Crippen LogP contribution in [-0.4, -0.2) is 51.0 Å². The number of rotatable bonds is 5. The highest BCUT2D eigenvalue weighted by Gasteiger charge is 2.31. The molecular formula is C16H20N6O2. The van der Waals surface area contributed by atoms with Gasteiger partial charge in [-0.15, -0.1) is 0 Å². The zero-order valence-electron chi connectivity index (χ0n) is 13.8. The molecule has 0 saturated carbocycles. The second kappa shape index (κ2) is 7.31. The van der Waals surface area contributed by atoms with Gasteiger partial charge in [-0.05, 0) is 19.8 Å². The summed E-state index contributed by atoms with van der Waals surface area (Å²) >= 11 is 0. The molecule has 1 aliphatic rings. The highest BCUT2D eigenvalue weighted by atomic mass is 16.5. The van der Waals surface area contributed by atoms with Crippen molar-refractivity contribution in [3.63, 3.8) is 0 Å². The summed E-state index contributed by atoms with van der Waals surface area (Å²) in [5.74, 6) is 1.88. The fourth-order valence-corrected chi connectivity index (χ4v) is 2.90. The third kappa shape index (κ3) is 3.65. The van der Waals surface area contributed by atoms with E-state index in [2.05, 4.69) is 25.3 Å². The van der Waals surface area contributed by atoms with Crippen LogP contribution in [0.25, 0.3) is 0 Å². The van der Waals surface area contributed by atoms with E-state index in [1.807, 2.05) is 17.9 Å². The highest BCUT2D eigenvalue weighted by molar-refractivity contribution is 5.78. The number of aromatic nitrogens is 4. The zero-order valence-corrected chi connectivity index (χ0v) is 13.8. The first-order chi connectivity index (χ1) is 11.7. The summed E-state index contributed by atoms with van der Waals surface area (Å²) in [7, 11) is 1.53. The van der Waals surface area contributed by atoms with Gasteiger partial charge in [0.05, 0.1) is 17.9 Å². The van der Waals surface area contributed by atoms with Crippen molar-refractivity contribution in [3.05, 3.63) is 36.2 Å². The van der Waals surface area contributed by atoms with Crippen molar-refractivity contribution < 1.29 is 9.53 Å². The smallest absolute Gasteiger partial charge is 0.249 e. The van der Waals surface area contributed by atoms with E-state index in [-0.39, 0.29) is 18.6 Å². The molecule has 3 heterocycles. The Balaban J connectivity index is 1.84. The van der Waals surface area contributed by atoms with E-state index in [4.69, 9.17) is 4.74 Å². The number of ether oxygens (including phenoxy) is 1. The Morgan fingerprint density at radius 2 is 2.25 bits per heavy atom. The molecule has 1 fully saturated rings. The third-order valence-electron chi connectivity index (χ3n) is 3.86. The molecule has 2 aromatic heterocycles. The Bertz CT molecular complexity index is 709. The fourth-order valence-electron chi connectivity index (χ4n) is 2.90. The van der Waals surface area contributed by atoms with Gasteiger partial charge >= 0.3 is 0 Å². The number of nitrogens with one attached hydrogen (secondary N) is 1. The van der Waals surface area contributed by atoms with Crippen molar-refractivity contribution in [2.45, 2.75) is 25.8 Å². The quantitative estimate of drug-likeness (QED) is 0.891. The standard InChI is InChI=1S/C16H20N6O2/c1-11-19-12(13-4-3-7-22(13)16(23)10-24-2)8-14(20-11)21-15-9-17-5-6-18-15/h5-6,8-9,13H,3-4,7,10H2,1-2H3,(H,18,19,20,21)/t13-/m1/s1. The van der Waals surface area contributed by atoms with Gasteiger partial charge in [-0.2, -0.15) is 0 Å². The maximum atomic E-state index is 12.2. The Kier molecular flexibility index (Phi) is 4.95. The predicted molar refractivity (Wildman–Crippen MR) is 87.6 cm³/mol. The summed E-state index contributed by atoms with van der Waals surface area (Å²) in [5.41, 5.74) is 0.829. The van der Waals surface area contributed by atoms with E-state index < -0.39 is 0 Å². The maximum absolute atomic E-state index is 12.2. The molecule has 0 radical (unpaired) electrons. The predicted octanol–water partition coefficient (Wildman–Crippen LogP) is 1.63. The van der Waals surface area contributed by atoms with Crippen LogP contribution in [0.3, 0.4) is 0 Å². The molecule has 1 atom stereocenters. The number of amides is 1. The van der Waals surface area contributed by atoms with E-state index in [0.29, 0.717) is 17.5 Å². The van der Waals surface area contributed by atoms with E-state index in [1.54, 1.807) is 18.6 Å². The molecule has 1 saturated heterocycles. The van der Waals surface area contributed by atoms with Gasteiger partial charge in [0.25, 0.3) is 0 Å². The molecule has 126 valence electrons. The minimum Gasteiger partial charge on any atom is -0.375 e. The molecule has 3 rings (SSSR count). The van der Waals surface area contributed by atoms with Crippen LogP contribution in [0.4, 0.5) is 11.6 Å². The van der Waals surface area contributed by atoms with E-state index >= 15 is 0 Å². The first-order valence-electron chi connectivity index (χ1n) is 7.84. The molecule has 8 heteroatoms. The molecule has 24 heavy (non-hydrogen) atoms. The number of nitrogens with zero attached hydrogens (tertiary/aromatic N) is 5. The first kappa shape index (κ1) is 16.3. The van der Waals surface area contributed by atoms with Gasteiger partial charge in [-0.25, -0.2) is 15.0 Å². The Morgan fingerprint density at radius 3 is 3.00 bits per heavy atom. The van der Waals surface area contributed by atoms with Gasteiger partial charge in [0.1, 0.15) is 24.1 Å². The monoisotopic (exact) mass is 328 g/mol. The van der Waals surface area contributed by atoms with Crippen LogP contribution in [0.1, 0.15) is 30.4 Å². The Labute approximate surface area is 140 Å². The number of hydrogen-bond acceptors (Lipinski definition) is 7. The maximum Gasteiger partial charge on any atom is 0.249 e. The van der Waals surface area contributed by atoms with Gasteiger partial charge in [-0.1, -0.05) is 0 Å². The van der Waals surface area contributed by atoms with Gasteiger partial charge in [0, 0.05) is 32.1 Å². The Morgan fingerprint density at radius 1 is 1.38 bits per heavy atom. The molecule has 0 unspecified atom stereocenters. The van der Waals surface area contributed by atoms with Crippen molar-refractivity contribution in [2.75, 3.05) is 25.6 Å². The van der Waals surface area contributed by atoms with Crippen LogP contribution in [0.5, 0.6) is 0 Å². The second-order valence-electron chi connectivity index (χ2n) is 5.62. The molecule has 0 bridgehead atoms. The summed E-state index contributed by atoms with van der Waals surface area (Å²) in [5, 5.41) is 3.12. The lowest BCUT2D eigenvalue weighted by molar-refractivity contribution is -0.136. The molecule has 0 aliphatic carbocycles. The SMILES string of the molecule is COCC(=O)N1CCC[C@@H]1c1cc(Nc2cnccn2)nc(C)n1. The van der Waals surface area contributed by atoms with Crippen molar-refractivity contribution in [1.82, 2.24) is 24.8 Å². The van der Waals surface area contributed by atoms with Crippen LogP contribution in [0.15, 0.2) is 24.7 Å². The molecule has 1 aliphatic heterocycles. The van der Waals surface area contributed by atoms with Gasteiger partial charge in [-0.3, -0.25) is 9.78 Å². The summed E-state index contributed by atoms with van der Waals surface area (Å²) in [6.45, 7) is 2.65. The first-order valence-corrected chi connectivity index (χ1v) is 7.84. The molecule has 0 aromatic carbocycles. The van der Waals surface area contributed by atoms with Crippen molar-refractivity contribution in [3.8, 4) is 0 Å². The van der Waals surface area contributed by atoms with Gasteiger partial charge in [0.15, 0.2) is 0 Å². The number of likely N-dealkylation sites (tertiary alicyclic amines) is 1.